The molecule has 3 rings (SSSR count). The summed E-state index contributed by atoms with van der Waals surface area (Å²) < 4.78 is 27.0. The molecule has 1 fully saturated rings. The minimum absolute atomic E-state index is 0.0648. The zero-order valence-electron chi connectivity index (χ0n) is 15.6. The van der Waals surface area contributed by atoms with Crippen LogP contribution < -0.4 is 0 Å². The number of hydrogen-bond acceptors (Lipinski definition) is 4. The number of rotatable bonds is 7. The van der Waals surface area contributed by atoms with E-state index in [1.54, 1.807) is 39.9 Å². The molecule has 0 N–H and O–H groups in total. The molecule has 1 aliphatic rings. The van der Waals surface area contributed by atoms with Gasteiger partial charge in [0, 0.05) is 31.7 Å². The van der Waals surface area contributed by atoms with Gasteiger partial charge in [-0.15, -0.1) is 0 Å². The number of amides is 1. The van der Waals surface area contributed by atoms with E-state index in [0.29, 0.717) is 31.7 Å². The van der Waals surface area contributed by atoms with Crippen LogP contribution in [0.4, 0.5) is 0 Å². The van der Waals surface area contributed by atoms with Crippen LogP contribution >= 0.6 is 11.3 Å². The number of benzene rings is 1. The highest BCUT2D eigenvalue weighted by Gasteiger charge is 2.26. The average Bonchev–Trinajstić information content (AvgIpc) is 3.21. The number of thiophene rings is 1. The molecule has 0 bridgehead atoms. The molecule has 1 saturated heterocycles. The zero-order chi connectivity index (χ0) is 19.3. The number of sulfonamides is 1. The fraction of sp³-hybridized carbons (Fsp3) is 0.450. The third kappa shape index (κ3) is 4.78. The van der Waals surface area contributed by atoms with E-state index < -0.39 is 10.0 Å². The largest absolute Gasteiger partial charge is 0.334 e. The number of nitrogens with zero attached hydrogens (tertiary/aromatic N) is 2. The van der Waals surface area contributed by atoms with Gasteiger partial charge in [0.2, 0.25) is 10.0 Å². The van der Waals surface area contributed by atoms with Gasteiger partial charge in [0.05, 0.1) is 4.90 Å². The minimum atomic E-state index is -3.47. The molecule has 1 aliphatic heterocycles. The maximum atomic E-state index is 12.9. The fourth-order valence-electron chi connectivity index (χ4n) is 3.33. The summed E-state index contributed by atoms with van der Waals surface area (Å²) in [5, 5.41) is 4.05. The Kier molecular flexibility index (Phi) is 6.68. The number of carbonyl (C=O) groups is 1. The van der Waals surface area contributed by atoms with Gasteiger partial charge in [-0.25, -0.2) is 8.42 Å². The van der Waals surface area contributed by atoms with Crippen molar-refractivity contribution in [3.63, 3.8) is 0 Å². The van der Waals surface area contributed by atoms with Crippen molar-refractivity contribution in [2.45, 2.75) is 44.0 Å². The Hall–Kier alpha value is -1.70. The van der Waals surface area contributed by atoms with E-state index in [9.17, 15) is 13.2 Å². The molecule has 1 amide bonds. The normalized spacial score (nSPS) is 15.6. The van der Waals surface area contributed by atoms with Crippen LogP contribution in [-0.2, 0) is 16.6 Å². The Bertz CT molecular complexity index is 840. The van der Waals surface area contributed by atoms with Gasteiger partial charge in [0.1, 0.15) is 0 Å². The molecule has 2 aromatic rings. The Labute approximate surface area is 165 Å². The van der Waals surface area contributed by atoms with E-state index in [1.165, 1.54) is 0 Å². The minimum Gasteiger partial charge on any atom is -0.334 e. The second kappa shape index (κ2) is 8.99. The SMILES string of the molecule is CCCN(Cc1ccsc1)C(=O)c1ccc(S(=O)(=O)N2CCCCC2)cc1. The standard InChI is InChI=1S/C20H26N2O3S2/c1-2-11-21(15-17-10-14-26-16-17)20(23)18-6-8-19(9-7-18)27(24,25)22-12-4-3-5-13-22/h6-10,14,16H,2-5,11-13,15H2,1H3. The van der Waals surface area contributed by atoms with Gasteiger partial charge < -0.3 is 4.90 Å². The third-order valence-electron chi connectivity index (χ3n) is 4.79. The molecular formula is C20H26N2O3S2. The summed E-state index contributed by atoms with van der Waals surface area (Å²) in [5.74, 6) is -0.0648. The van der Waals surface area contributed by atoms with E-state index in [2.05, 4.69) is 0 Å². The van der Waals surface area contributed by atoms with Gasteiger partial charge in [-0.3, -0.25) is 4.79 Å². The Morgan fingerprint density at radius 3 is 2.41 bits per heavy atom. The van der Waals surface area contributed by atoms with Crippen molar-refractivity contribution in [2.24, 2.45) is 0 Å². The first-order chi connectivity index (χ1) is 13.0. The Balaban J connectivity index is 1.75. The quantitative estimate of drug-likeness (QED) is 0.699. The molecule has 5 nitrogen and oxygen atoms in total. The number of piperidine rings is 1. The lowest BCUT2D eigenvalue weighted by atomic mass is 10.2. The Morgan fingerprint density at radius 2 is 1.81 bits per heavy atom. The number of hydrogen-bond donors (Lipinski definition) is 0. The van der Waals surface area contributed by atoms with E-state index >= 15 is 0 Å². The first kappa shape index (κ1) is 20.0. The summed E-state index contributed by atoms with van der Waals surface area (Å²) in [7, 11) is -3.47. The van der Waals surface area contributed by atoms with E-state index in [4.69, 9.17) is 0 Å². The Morgan fingerprint density at radius 1 is 1.11 bits per heavy atom. The summed E-state index contributed by atoms with van der Waals surface area (Å²) in [5.41, 5.74) is 1.64. The van der Waals surface area contributed by atoms with Crippen molar-refractivity contribution in [2.75, 3.05) is 19.6 Å². The average molecular weight is 407 g/mol. The smallest absolute Gasteiger partial charge is 0.254 e. The first-order valence-corrected chi connectivity index (χ1v) is 11.8. The highest BCUT2D eigenvalue weighted by molar-refractivity contribution is 7.89. The van der Waals surface area contributed by atoms with Gasteiger partial charge in [0.15, 0.2) is 0 Å². The first-order valence-electron chi connectivity index (χ1n) is 9.43. The predicted octanol–water partition coefficient (Wildman–Crippen LogP) is 3.98. The summed E-state index contributed by atoms with van der Waals surface area (Å²) >= 11 is 1.62. The summed E-state index contributed by atoms with van der Waals surface area (Å²) in [6.07, 6.45) is 3.77. The second-order valence-electron chi connectivity index (χ2n) is 6.85. The van der Waals surface area contributed by atoms with Gasteiger partial charge in [-0.1, -0.05) is 13.3 Å². The molecule has 2 heterocycles. The third-order valence-corrected chi connectivity index (χ3v) is 7.43. The van der Waals surface area contributed by atoms with Crippen molar-refractivity contribution < 1.29 is 13.2 Å². The van der Waals surface area contributed by atoms with Crippen molar-refractivity contribution >= 4 is 27.3 Å². The highest BCUT2D eigenvalue weighted by atomic mass is 32.2. The van der Waals surface area contributed by atoms with Crippen molar-refractivity contribution in [1.29, 1.82) is 0 Å². The predicted molar refractivity (Wildman–Crippen MR) is 108 cm³/mol. The monoisotopic (exact) mass is 406 g/mol. The summed E-state index contributed by atoms with van der Waals surface area (Å²) in [6, 6.07) is 8.41. The van der Waals surface area contributed by atoms with E-state index in [-0.39, 0.29) is 10.8 Å². The van der Waals surface area contributed by atoms with Gasteiger partial charge >= 0.3 is 0 Å². The van der Waals surface area contributed by atoms with Crippen LogP contribution in [0.1, 0.15) is 48.5 Å². The summed E-state index contributed by atoms with van der Waals surface area (Å²) in [4.78, 5) is 15.0. The van der Waals surface area contributed by atoms with Crippen LogP contribution in [0, 0.1) is 0 Å². The van der Waals surface area contributed by atoms with Crippen LogP contribution in [0.2, 0.25) is 0 Å². The lowest BCUT2D eigenvalue weighted by Crippen LogP contribution is -2.35. The molecule has 7 heteroatoms. The van der Waals surface area contributed by atoms with Crippen LogP contribution in [0.5, 0.6) is 0 Å². The van der Waals surface area contributed by atoms with Crippen LogP contribution in [0.15, 0.2) is 46.0 Å². The molecule has 146 valence electrons. The van der Waals surface area contributed by atoms with E-state index in [1.807, 2.05) is 28.7 Å². The topological polar surface area (TPSA) is 57.7 Å². The summed E-state index contributed by atoms with van der Waals surface area (Å²) in [6.45, 7) is 4.44. The maximum Gasteiger partial charge on any atom is 0.254 e. The highest BCUT2D eigenvalue weighted by Crippen LogP contribution is 2.21. The maximum absolute atomic E-state index is 12.9. The molecule has 1 aromatic heterocycles. The molecule has 0 aliphatic carbocycles. The van der Waals surface area contributed by atoms with Crippen molar-refractivity contribution in [3.05, 3.63) is 52.2 Å². The molecular weight excluding hydrogens is 380 g/mol. The van der Waals surface area contributed by atoms with Gasteiger partial charge in [-0.05, 0) is 65.9 Å². The fourth-order valence-corrected chi connectivity index (χ4v) is 5.51. The number of carbonyl (C=O) groups excluding carboxylic acids is 1. The van der Waals surface area contributed by atoms with Crippen LogP contribution in [-0.4, -0.2) is 43.2 Å². The molecule has 0 saturated carbocycles. The lowest BCUT2D eigenvalue weighted by molar-refractivity contribution is 0.0743. The van der Waals surface area contributed by atoms with Crippen molar-refractivity contribution in [3.8, 4) is 0 Å². The van der Waals surface area contributed by atoms with E-state index in [0.717, 1.165) is 31.2 Å². The van der Waals surface area contributed by atoms with Crippen molar-refractivity contribution in [1.82, 2.24) is 9.21 Å². The molecule has 0 radical (unpaired) electrons. The van der Waals surface area contributed by atoms with Crippen LogP contribution in [0.25, 0.3) is 0 Å². The molecule has 0 spiro atoms. The molecule has 0 unspecified atom stereocenters. The molecule has 27 heavy (non-hydrogen) atoms. The van der Waals surface area contributed by atoms with Crippen LogP contribution in [0.3, 0.4) is 0 Å². The van der Waals surface area contributed by atoms with Gasteiger partial charge in [0.25, 0.3) is 5.91 Å². The molecule has 1 aromatic carbocycles. The zero-order valence-corrected chi connectivity index (χ0v) is 17.3. The second-order valence-corrected chi connectivity index (χ2v) is 9.57. The molecule has 0 atom stereocenters. The lowest BCUT2D eigenvalue weighted by Gasteiger charge is -2.26. The van der Waals surface area contributed by atoms with Gasteiger partial charge in [-0.2, -0.15) is 15.6 Å².